The fourth-order valence-corrected chi connectivity index (χ4v) is 1.97. The van der Waals surface area contributed by atoms with E-state index in [1.54, 1.807) is 24.5 Å². The van der Waals surface area contributed by atoms with Crippen molar-refractivity contribution in [2.75, 3.05) is 6.54 Å². The minimum atomic E-state index is 0.0693. The number of phenolic OH excluding ortho intramolecular Hbond substituents is 2. The molecule has 0 saturated heterocycles. The van der Waals surface area contributed by atoms with Gasteiger partial charge in [-0.05, 0) is 55.3 Å². The molecule has 0 fully saturated rings. The average molecular weight is 258 g/mol. The van der Waals surface area contributed by atoms with Gasteiger partial charge in [0.05, 0.1) is 0 Å². The van der Waals surface area contributed by atoms with Crippen LogP contribution in [0.1, 0.15) is 24.1 Å². The van der Waals surface area contributed by atoms with E-state index < -0.39 is 0 Å². The van der Waals surface area contributed by atoms with Gasteiger partial charge in [-0.1, -0.05) is 0 Å². The predicted molar refractivity (Wildman–Crippen MR) is 74.1 cm³/mol. The van der Waals surface area contributed by atoms with Gasteiger partial charge < -0.3 is 15.5 Å². The first-order valence-corrected chi connectivity index (χ1v) is 6.30. The van der Waals surface area contributed by atoms with Crippen LogP contribution in [-0.4, -0.2) is 21.7 Å². The largest absolute Gasteiger partial charge is 0.508 e. The summed E-state index contributed by atoms with van der Waals surface area (Å²) >= 11 is 0. The second kappa shape index (κ2) is 6.20. The Balaban J connectivity index is 1.89. The lowest BCUT2D eigenvalue weighted by molar-refractivity contribution is 0.446. The molecule has 0 aliphatic heterocycles. The first-order valence-electron chi connectivity index (χ1n) is 6.30. The van der Waals surface area contributed by atoms with Crippen molar-refractivity contribution in [3.8, 4) is 11.5 Å². The quantitative estimate of drug-likeness (QED) is 0.770. The average Bonchev–Trinajstić information content (AvgIpc) is 2.38. The SMILES string of the molecule is CC(NCCc1ccncc1)c1cc(O)cc(O)c1. The zero-order valence-electron chi connectivity index (χ0n) is 10.9. The molecule has 0 amide bonds. The Morgan fingerprint density at radius 3 is 2.37 bits per heavy atom. The molecule has 4 heteroatoms. The van der Waals surface area contributed by atoms with Crippen LogP contribution < -0.4 is 5.32 Å². The van der Waals surface area contributed by atoms with E-state index in [-0.39, 0.29) is 17.5 Å². The monoisotopic (exact) mass is 258 g/mol. The molecule has 1 heterocycles. The highest BCUT2D eigenvalue weighted by Crippen LogP contribution is 2.24. The van der Waals surface area contributed by atoms with Gasteiger partial charge in [0, 0.05) is 24.5 Å². The number of pyridine rings is 1. The molecule has 100 valence electrons. The van der Waals surface area contributed by atoms with E-state index in [2.05, 4.69) is 10.3 Å². The van der Waals surface area contributed by atoms with Gasteiger partial charge in [0.15, 0.2) is 0 Å². The summed E-state index contributed by atoms with van der Waals surface area (Å²) in [4.78, 5) is 3.98. The highest BCUT2D eigenvalue weighted by Gasteiger charge is 2.07. The summed E-state index contributed by atoms with van der Waals surface area (Å²) in [6.07, 6.45) is 4.48. The van der Waals surface area contributed by atoms with Crippen LogP contribution in [0.15, 0.2) is 42.7 Å². The van der Waals surface area contributed by atoms with Crippen LogP contribution in [0.5, 0.6) is 11.5 Å². The second-order valence-corrected chi connectivity index (χ2v) is 4.56. The zero-order valence-corrected chi connectivity index (χ0v) is 10.9. The molecule has 1 aromatic carbocycles. The van der Waals surface area contributed by atoms with Crippen LogP contribution in [-0.2, 0) is 6.42 Å². The maximum absolute atomic E-state index is 9.45. The smallest absolute Gasteiger partial charge is 0.119 e. The topological polar surface area (TPSA) is 65.4 Å². The third-order valence-corrected chi connectivity index (χ3v) is 3.04. The molecule has 0 saturated carbocycles. The van der Waals surface area contributed by atoms with Gasteiger partial charge in [0.2, 0.25) is 0 Å². The van der Waals surface area contributed by atoms with Crippen LogP contribution >= 0.6 is 0 Å². The van der Waals surface area contributed by atoms with E-state index in [9.17, 15) is 10.2 Å². The number of hydrogen-bond donors (Lipinski definition) is 3. The Morgan fingerprint density at radius 2 is 1.74 bits per heavy atom. The number of rotatable bonds is 5. The third-order valence-electron chi connectivity index (χ3n) is 3.04. The van der Waals surface area contributed by atoms with Crippen molar-refractivity contribution in [1.82, 2.24) is 10.3 Å². The lowest BCUT2D eigenvalue weighted by atomic mass is 10.1. The number of nitrogens with one attached hydrogen (secondary N) is 1. The first-order chi connectivity index (χ1) is 9.15. The minimum absolute atomic E-state index is 0.0693. The fourth-order valence-electron chi connectivity index (χ4n) is 1.97. The van der Waals surface area contributed by atoms with Crippen LogP contribution in [0.3, 0.4) is 0 Å². The third kappa shape index (κ3) is 3.96. The summed E-state index contributed by atoms with van der Waals surface area (Å²) in [5.74, 6) is 0.163. The lowest BCUT2D eigenvalue weighted by Crippen LogP contribution is -2.21. The summed E-state index contributed by atoms with van der Waals surface area (Å²) in [7, 11) is 0. The number of aromatic nitrogens is 1. The Morgan fingerprint density at radius 1 is 1.11 bits per heavy atom. The highest BCUT2D eigenvalue weighted by atomic mass is 16.3. The number of aromatic hydroxyl groups is 2. The van der Waals surface area contributed by atoms with Gasteiger partial charge >= 0.3 is 0 Å². The Hall–Kier alpha value is -2.07. The van der Waals surface area contributed by atoms with Gasteiger partial charge in [-0.15, -0.1) is 0 Å². The van der Waals surface area contributed by atoms with E-state index in [4.69, 9.17) is 0 Å². The van der Waals surface area contributed by atoms with Crippen LogP contribution in [0, 0.1) is 0 Å². The maximum Gasteiger partial charge on any atom is 0.119 e. The zero-order chi connectivity index (χ0) is 13.7. The Labute approximate surface area is 112 Å². The van der Waals surface area contributed by atoms with Crippen molar-refractivity contribution in [1.29, 1.82) is 0 Å². The van der Waals surface area contributed by atoms with Crippen LogP contribution in [0.4, 0.5) is 0 Å². The highest BCUT2D eigenvalue weighted by molar-refractivity contribution is 5.37. The van der Waals surface area contributed by atoms with Crippen molar-refractivity contribution in [2.24, 2.45) is 0 Å². The molecule has 0 radical (unpaired) electrons. The number of phenols is 2. The minimum Gasteiger partial charge on any atom is -0.508 e. The Bertz CT molecular complexity index is 509. The summed E-state index contributed by atoms with van der Waals surface area (Å²) in [6, 6.07) is 8.69. The molecule has 0 spiro atoms. The summed E-state index contributed by atoms with van der Waals surface area (Å²) in [6.45, 7) is 2.82. The molecule has 0 bridgehead atoms. The van der Waals surface area contributed by atoms with Crippen LogP contribution in [0.2, 0.25) is 0 Å². The number of benzene rings is 1. The molecule has 1 aromatic heterocycles. The van der Waals surface area contributed by atoms with Gasteiger partial charge in [-0.3, -0.25) is 4.98 Å². The predicted octanol–water partition coefficient (Wildman–Crippen LogP) is 2.39. The summed E-state index contributed by atoms with van der Waals surface area (Å²) < 4.78 is 0. The van der Waals surface area contributed by atoms with E-state index >= 15 is 0 Å². The molecule has 19 heavy (non-hydrogen) atoms. The fraction of sp³-hybridized carbons (Fsp3) is 0.267. The van der Waals surface area contributed by atoms with Crippen molar-refractivity contribution in [3.05, 3.63) is 53.9 Å². The van der Waals surface area contributed by atoms with Crippen LogP contribution in [0.25, 0.3) is 0 Å². The van der Waals surface area contributed by atoms with E-state index in [1.165, 1.54) is 11.6 Å². The van der Waals surface area contributed by atoms with Gasteiger partial charge in [0.25, 0.3) is 0 Å². The van der Waals surface area contributed by atoms with Gasteiger partial charge in [-0.25, -0.2) is 0 Å². The van der Waals surface area contributed by atoms with Crippen molar-refractivity contribution in [2.45, 2.75) is 19.4 Å². The maximum atomic E-state index is 9.45. The standard InChI is InChI=1S/C15H18N2O2/c1-11(13-8-14(18)10-15(19)9-13)17-7-4-12-2-5-16-6-3-12/h2-3,5-6,8-11,17-19H,4,7H2,1H3. The first kappa shape index (κ1) is 13.4. The molecule has 3 N–H and O–H groups in total. The number of hydrogen-bond acceptors (Lipinski definition) is 4. The number of nitrogens with zero attached hydrogens (tertiary/aromatic N) is 1. The molecule has 1 atom stereocenters. The second-order valence-electron chi connectivity index (χ2n) is 4.56. The molecule has 2 rings (SSSR count). The van der Waals surface area contributed by atoms with E-state index in [1.807, 2.05) is 19.1 Å². The van der Waals surface area contributed by atoms with Crippen molar-refractivity contribution in [3.63, 3.8) is 0 Å². The van der Waals surface area contributed by atoms with Gasteiger partial charge in [0.1, 0.15) is 11.5 Å². The molecule has 2 aromatic rings. The lowest BCUT2D eigenvalue weighted by Gasteiger charge is -2.15. The van der Waals surface area contributed by atoms with E-state index in [0.717, 1.165) is 18.5 Å². The molecule has 0 aliphatic carbocycles. The van der Waals surface area contributed by atoms with Gasteiger partial charge in [-0.2, -0.15) is 0 Å². The summed E-state index contributed by atoms with van der Waals surface area (Å²) in [5.41, 5.74) is 2.10. The molecular weight excluding hydrogens is 240 g/mol. The van der Waals surface area contributed by atoms with E-state index in [0.29, 0.717) is 0 Å². The molecule has 1 unspecified atom stereocenters. The molecule has 4 nitrogen and oxygen atoms in total. The molecular formula is C15H18N2O2. The Kier molecular flexibility index (Phi) is 4.36. The van der Waals surface area contributed by atoms with Crippen molar-refractivity contribution < 1.29 is 10.2 Å². The molecule has 0 aliphatic rings. The normalized spacial score (nSPS) is 12.3. The van der Waals surface area contributed by atoms with Crippen molar-refractivity contribution >= 4 is 0 Å². The summed E-state index contributed by atoms with van der Waals surface area (Å²) in [5, 5.41) is 22.3.